The molecule has 0 spiro atoms. The molecule has 6 nitrogen and oxygen atoms in total. The highest BCUT2D eigenvalue weighted by atomic mass is 19.1. The molecule has 2 atom stereocenters. The van der Waals surface area contributed by atoms with Crippen LogP contribution < -0.4 is 5.32 Å². The van der Waals surface area contributed by atoms with Gasteiger partial charge in [0, 0.05) is 24.6 Å². The van der Waals surface area contributed by atoms with E-state index in [4.69, 9.17) is 0 Å². The average Bonchev–Trinajstić information content (AvgIpc) is 2.84. The van der Waals surface area contributed by atoms with Crippen LogP contribution in [0.25, 0.3) is 0 Å². The molecule has 1 saturated carbocycles. The van der Waals surface area contributed by atoms with Crippen molar-refractivity contribution >= 4 is 11.6 Å². The van der Waals surface area contributed by atoms with Gasteiger partial charge in [-0.05, 0) is 25.3 Å². The first-order valence-electron chi connectivity index (χ1n) is 6.81. The molecule has 1 aromatic carbocycles. The molecule has 0 radical (unpaired) electrons. The van der Waals surface area contributed by atoms with E-state index >= 15 is 0 Å². The Kier molecular flexibility index (Phi) is 4.52. The van der Waals surface area contributed by atoms with Gasteiger partial charge >= 0.3 is 0 Å². The molecule has 1 amide bonds. The van der Waals surface area contributed by atoms with Gasteiger partial charge in [0.05, 0.1) is 16.6 Å². The molecule has 2 unspecified atom stereocenters. The maximum absolute atomic E-state index is 13.9. The SMILES string of the molecule is Cc1cc([N+](=O)[O-])cc(C(=O)NCC2CCCC2O)c1F. The molecule has 0 aromatic heterocycles. The number of nitro benzene ring substituents is 1. The largest absolute Gasteiger partial charge is 0.393 e. The van der Waals surface area contributed by atoms with E-state index in [9.17, 15) is 24.4 Å². The summed E-state index contributed by atoms with van der Waals surface area (Å²) in [6, 6.07) is 2.02. The number of non-ortho nitro benzene ring substituents is 1. The summed E-state index contributed by atoms with van der Waals surface area (Å²) in [7, 11) is 0. The molecule has 0 bridgehead atoms. The van der Waals surface area contributed by atoms with Gasteiger partial charge in [-0.25, -0.2) is 4.39 Å². The third-order valence-electron chi connectivity index (χ3n) is 3.84. The van der Waals surface area contributed by atoms with Crippen molar-refractivity contribution in [1.82, 2.24) is 5.32 Å². The maximum atomic E-state index is 13.9. The van der Waals surface area contributed by atoms with Gasteiger partial charge in [0.25, 0.3) is 11.6 Å². The molecule has 21 heavy (non-hydrogen) atoms. The van der Waals surface area contributed by atoms with Crippen LogP contribution in [0.15, 0.2) is 12.1 Å². The van der Waals surface area contributed by atoms with E-state index in [0.717, 1.165) is 25.0 Å². The van der Waals surface area contributed by atoms with Crippen LogP contribution in [0.2, 0.25) is 0 Å². The summed E-state index contributed by atoms with van der Waals surface area (Å²) < 4.78 is 13.9. The summed E-state index contributed by atoms with van der Waals surface area (Å²) in [5, 5.41) is 23.0. The van der Waals surface area contributed by atoms with Gasteiger partial charge in [-0.3, -0.25) is 14.9 Å². The minimum Gasteiger partial charge on any atom is -0.393 e. The summed E-state index contributed by atoms with van der Waals surface area (Å²) >= 11 is 0. The molecule has 0 heterocycles. The Hall–Kier alpha value is -2.02. The third-order valence-corrected chi connectivity index (χ3v) is 3.84. The van der Waals surface area contributed by atoms with Gasteiger partial charge < -0.3 is 10.4 Å². The number of aryl methyl sites for hydroxylation is 1. The minimum atomic E-state index is -0.759. The summed E-state index contributed by atoms with van der Waals surface area (Å²) in [5.74, 6) is -1.50. The third kappa shape index (κ3) is 3.36. The zero-order valence-corrected chi connectivity index (χ0v) is 11.6. The molecular weight excluding hydrogens is 279 g/mol. The number of aliphatic hydroxyl groups excluding tert-OH is 1. The molecule has 2 N–H and O–H groups in total. The Labute approximate surface area is 121 Å². The summed E-state index contributed by atoms with van der Waals surface area (Å²) in [6.07, 6.45) is 1.94. The summed E-state index contributed by atoms with van der Waals surface area (Å²) in [4.78, 5) is 22.1. The van der Waals surface area contributed by atoms with E-state index in [-0.39, 0.29) is 29.3 Å². The fraction of sp³-hybridized carbons (Fsp3) is 0.500. The van der Waals surface area contributed by atoms with Crippen LogP contribution in [0.4, 0.5) is 10.1 Å². The van der Waals surface area contributed by atoms with Crippen molar-refractivity contribution in [1.29, 1.82) is 0 Å². The topological polar surface area (TPSA) is 92.5 Å². The first kappa shape index (κ1) is 15.4. The number of nitro groups is 1. The highest BCUT2D eigenvalue weighted by molar-refractivity contribution is 5.95. The Balaban J connectivity index is 2.13. The highest BCUT2D eigenvalue weighted by Crippen LogP contribution is 2.25. The molecule has 1 fully saturated rings. The zero-order chi connectivity index (χ0) is 15.6. The van der Waals surface area contributed by atoms with Crippen LogP contribution in [0, 0.1) is 28.8 Å². The molecule has 0 saturated heterocycles. The number of halogens is 1. The second-order valence-electron chi connectivity index (χ2n) is 5.35. The van der Waals surface area contributed by atoms with Crippen LogP contribution in [-0.4, -0.2) is 28.6 Å². The van der Waals surface area contributed by atoms with Crippen LogP contribution in [-0.2, 0) is 0 Å². The smallest absolute Gasteiger partial charge is 0.270 e. The predicted molar refractivity (Wildman–Crippen MR) is 73.5 cm³/mol. The average molecular weight is 296 g/mol. The van der Waals surface area contributed by atoms with Gasteiger partial charge in [-0.1, -0.05) is 6.42 Å². The second-order valence-corrected chi connectivity index (χ2v) is 5.35. The number of aliphatic hydroxyl groups is 1. The van der Waals surface area contributed by atoms with Crippen LogP contribution in [0.3, 0.4) is 0 Å². The predicted octanol–water partition coefficient (Wildman–Crippen LogP) is 1.93. The number of hydrogen-bond acceptors (Lipinski definition) is 4. The van der Waals surface area contributed by atoms with Crippen molar-refractivity contribution in [2.45, 2.75) is 32.3 Å². The molecule has 1 aromatic rings. The lowest BCUT2D eigenvalue weighted by molar-refractivity contribution is -0.385. The van der Waals surface area contributed by atoms with Gasteiger partial charge in [-0.2, -0.15) is 0 Å². The van der Waals surface area contributed by atoms with Crippen molar-refractivity contribution in [2.75, 3.05) is 6.54 Å². The second kappa shape index (κ2) is 6.17. The number of amides is 1. The first-order chi connectivity index (χ1) is 9.90. The highest BCUT2D eigenvalue weighted by Gasteiger charge is 2.26. The number of hydrogen-bond donors (Lipinski definition) is 2. The fourth-order valence-corrected chi connectivity index (χ4v) is 2.60. The van der Waals surface area contributed by atoms with Crippen molar-refractivity contribution in [3.8, 4) is 0 Å². The van der Waals surface area contributed by atoms with E-state index in [1.165, 1.54) is 6.92 Å². The van der Waals surface area contributed by atoms with Crippen molar-refractivity contribution < 1.29 is 19.2 Å². The number of rotatable bonds is 4. The van der Waals surface area contributed by atoms with Crippen molar-refractivity contribution in [3.05, 3.63) is 39.2 Å². The fourth-order valence-electron chi connectivity index (χ4n) is 2.60. The standard InChI is InChI=1S/C14H17FN2O4/c1-8-5-10(17(20)21)6-11(13(8)15)14(19)16-7-9-3-2-4-12(9)18/h5-6,9,12,18H,2-4,7H2,1H3,(H,16,19). The van der Waals surface area contributed by atoms with E-state index in [0.29, 0.717) is 6.42 Å². The summed E-state index contributed by atoms with van der Waals surface area (Å²) in [6.45, 7) is 1.61. The van der Waals surface area contributed by atoms with E-state index in [1.807, 2.05) is 0 Å². The Bertz CT molecular complexity index is 576. The van der Waals surface area contributed by atoms with Crippen LogP contribution >= 0.6 is 0 Å². The number of carbonyl (C=O) groups is 1. The minimum absolute atomic E-state index is 0.0446. The summed E-state index contributed by atoms with van der Waals surface area (Å²) in [5.41, 5.74) is -0.607. The van der Waals surface area contributed by atoms with E-state index in [1.54, 1.807) is 0 Å². The number of nitrogens with one attached hydrogen (secondary N) is 1. The van der Waals surface area contributed by atoms with E-state index in [2.05, 4.69) is 5.32 Å². The van der Waals surface area contributed by atoms with Crippen molar-refractivity contribution in [3.63, 3.8) is 0 Å². The van der Waals surface area contributed by atoms with Gasteiger partial charge in [-0.15, -0.1) is 0 Å². The lowest BCUT2D eigenvalue weighted by atomic mass is 10.1. The number of carbonyl (C=O) groups excluding carboxylic acids is 1. The molecular formula is C14H17FN2O4. The Morgan fingerprint density at radius 3 is 2.81 bits per heavy atom. The lowest BCUT2D eigenvalue weighted by Gasteiger charge is -2.15. The Morgan fingerprint density at radius 1 is 1.52 bits per heavy atom. The monoisotopic (exact) mass is 296 g/mol. The quantitative estimate of drug-likeness (QED) is 0.656. The molecule has 2 rings (SSSR count). The Morgan fingerprint density at radius 2 is 2.24 bits per heavy atom. The van der Waals surface area contributed by atoms with Crippen LogP contribution in [0.1, 0.15) is 35.2 Å². The molecule has 7 heteroatoms. The zero-order valence-electron chi connectivity index (χ0n) is 11.6. The van der Waals surface area contributed by atoms with Crippen molar-refractivity contribution in [2.24, 2.45) is 5.92 Å². The maximum Gasteiger partial charge on any atom is 0.270 e. The van der Waals surface area contributed by atoms with Gasteiger partial charge in [0.2, 0.25) is 0 Å². The van der Waals surface area contributed by atoms with Gasteiger partial charge in [0.1, 0.15) is 5.82 Å². The first-order valence-corrected chi connectivity index (χ1v) is 6.81. The van der Waals surface area contributed by atoms with E-state index < -0.39 is 22.8 Å². The molecule has 1 aliphatic carbocycles. The molecule has 114 valence electrons. The number of benzene rings is 1. The number of nitrogens with zero attached hydrogens (tertiary/aromatic N) is 1. The molecule has 0 aliphatic heterocycles. The molecule has 1 aliphatic rings. The van der Waals surface area contributed by atoms with Crippen LogP contribution in [0.5, 0.6) is 0 Å². The lowest BCUT2D eigenvalue weighted by Crippen LogP contribution is -2.33. The normalized spacial score (nSPS) is 21.3. The van der Waals surface area contributed by atoms with Gasteiger partial charge in [0.15, 0.2) is 0 Å².